The van der Waals surface area contributed by atoms with Crippen molar-refractivity contribution in [3.8, 4) is 11.3 Å². The summed E-state index contributed by atoms with van der Waals surface area (Å²) in [4.78, 5) is 2.51. The maximum absolute atomic E-state index is 12.4. The molecule has 3 aromatic rings. The molecule has 0 fully saturated rings. The van der Waals surface area contributed by atoms with Gasteiger partial charge in [-0.2, -0.15) is 5.10 Å². The molecule has 7 nitrogen and oxygen atoms in total. The molecule has 1 aromatic carbocycles. The van der Waals surface area contributed by atoms with Crippen molar-refractivity contribution in [3.05, 3.63) is 53.5 Å². The van der Waals surface area contributed by atoms with Crippen LogP contribution in [0.1, 0.15) is 17.0 Å². The largest absolute Gasteiger partial charge is 0.359 e. The van der Waals surface area contributed by atoms with Gasteiger partial charge in [-0.15, -0.1) is 0 Å². The van der Waals surface area contributed by atoms with E-state index in [-0.39, 0.29) is 5.75 Å². The van der Waals surface area contributed by atoms with Crippen LogP contribution in [0.4, 0.5) is 0 Å². The monoisotopic (exact) mass is 372 g/mol. The Kier molecular flexibility index (Phi) is 4.16. The van der Waals surface area contributed by atoms with E-state index in [0.29, 0.717) is 30.3 Å². The van der Waals surface area contributed by atoms with Gasteiger partial charge in [0.2, 0.25) is 0 Å². The highest BCUT2D eigenvalue weighted by Crippen LogP contribution is 2.26. The van der Waals surface area contributed by atoms with Crippen molar-refractivity contribution in [1.29, 1.82) is 0 Å². The van der Waals surface area contributed by atoms with Crippen molar-refractivity contribution < 1.29 is 12.9 Å². The number of rotatable bonds is 3. The molecule has 0 radical (unpaired) electrons. The maximum atomic E-state index is 12.4. The van der Waals surface area contributed by atoms with E-state index in [4.69, 9.17) is 4.52 Å². The van der Waals surface area contributed by atoms with Gasteiger partial charge < -0.3 is 4.52 Å². The Morgan fingerprint density at radius 2 is 2.08 bits per heavy atom. The number of sulfone groups is 1. The van der Waals surface area contributed by atoms with E-state index in [9.17, 15) is 8.42 Å². The van der Waals surface area contributed by atoms with E-state index in [1.807, 2.05) is 32.2 Å². The minimum absolute atomic E-state index is 0.104. The van der Waals surface area contributed by atoms with E-state index >= 15 is 0 Å². The van der Waals surface area contributed by atoms with Crippen LogP contribution < -0.4 is 0 Å². The zero-order valence-electron chi connectivity index (χ0n) is 14.7. The fraction of sp³-hybridized carbons (Fsp3) is 0.333. The quantitative estimate of drug-likeness (QED) is 0.701. The molecule has 4 rings (SSSR count). The Labute approximate surface area is 152 Å². The zero-order chi connectivity index (χ0) is 18.3. The predicted molar refractivity (Wildman–Crippen MR) is 96.1 cm³/mol. The zero-order valence-corrected chi connectivity index (χ0v) is 15.5. The van der Waals surface area contributed by atoms with Gasteiger partial charge in [0.15, 0.2) is 15.6 Å². The van der Waals surface area contributed by atoms with Crippen molar-refractivity contribution in [2.24, 2.45) is 7.05 Å². The van der Waals surface area contributed by atoms with Gasteiger partial charge >= 0.3 is 0 Å². The molecule has 0 saturated heterocycles. The Morgan fingerprint density at radius 1 is 1.27 bits per heavy atom. The molecular formula is C18H20N4O3S. The van der Waals surface area contributed by atoms with Crippen LogP contribution in [0.25, 0.3) is 11.3 Å². The first-order valence-electron chi connectivity index (χ1n) is 8.41. The summed E-state index contributed by atoms with van der Waals surface area (Å²) in [5.41, 5.74) is 3.52. The molecule has 3 heterocycles. The Morgan fingerprint density at radius 3 is 2.85 bits per heavy atom. The molecule has 1 aliphatic rings. The number of hydrogen-bond acceptors (Lipinski definition) is 6. The lowest BCUT2D eigenvalue weighted by molar-refractivity contribution is 0.236. The molecule has 0 bridgehead atoms. The van der Waals surface area contributed by atoms with Crippen LogP contribution in [0.3, 0.4) is 0 Å². The summed E-state index contributed by atoms with van der Waals surface area (Å²) in [5, 5.41) is 8.38. The van der Waals surface area contributed by atoms with Crippen molar-refractivity contribution in [3.63, 3.8) is 0 Å². The minimum atomic E-state index is -3.24. The number of hydrogen-bond donors (Lipinski definition) is 0. The lowest BCUT2D eigenvalue weighted by Gasteiger charge is -2.17. The van der Waals surface area contributed by atoms with Crippen LogP contribution in [-0.4, -0.2) is 40.6 Å². The summed E-state index contributed by atoms with van der Waals surface area (Å²) >= 11 is 0. The minimum Gasteiger partial charge on any atom is -0.359 e. The average Bonchev–Trinajstić information content (AvgIpc) is 3.17. The van der Waals surface area contributed by atoms with Crippen LogP contribution in [-0.2, 0) is 30.0 Å². The Bertz CT molecular complexity index is 1050. The Hall–Kier alpha value is -2.45. The molecule has 8 heteroatoms. The van der Waals surface area contributed by atoms with E-state index in [1.54, 1.807) is 23.0 Å². The second-order valence-electron chi connectivity index (χ2n) is 6.58. The van der Waals surface area contributed by atoms with Crippen molar-refractivity contribution in [2.45, 2.75) is 24.9 Å². The number of fused-ring (bicyclic) bond motifs is 1. The number of aryl methyl sites for hydroxylation is 1. The third kappa shape index (κ3) is 3.06. The van der Waals surface area contributed by atoms with Gasteiger partial charge in [0.25, 0.3) is 0 Å². The van der Waals surface area contributed by atoms with E-state index in [0.717, 1.165) is 22.5 Å². The summed E-state index contributed by atoms with van der Waals surface area (Å²) < 4.78 is 32.2. The molecule has 2 aromatic heterocycles. The van der Waals surface area contributed by atoms with Gasteiger partial charge in [-0.1, -0.05) is 23.4 Å². The topological polar surface area (TPSA) is 81.2 Å². The molecule has 0 unspecified atom stereocenters. The highest BCUT2D eigenvalue weighted by molar-refractivity contribution is 7.91. The number of benzene rings is 1. The van der Waals surface area contributed by atoms with Crippen molar-refractivity contribution >= 4 is 9.84 Å². The van der Waals surface area contributed by atoms with Gasteiger partial charge in [0, 0.05) is 37.5 Å². The summed E-state index contributed by atoms with van der Waals surface area (Å²) in [7, 11) is -1.36. The standard InChI is InChI=1S/C18H20N4O3S/c1-13-16(10-19-21(13)2)17-9-15(25-20-17)12-22-7-8-26(23,24)18-6-4-3-5-14(18)11-22/h3-6,9-10H,7-8,11-12H2,1-2H3. The van der Waals surface area contributed by atoms with Crippen LogP contribution in [0.15, 0.2) is 45.9 Å². The van der Waals surface area contributed by atoms with Gasteiger partial charge in [0.1, 0.15) is 5.69 Å². The molecule has 0 spiro atoms. The highest BCUT2D eigenvalue weighted by Gasteiger charge is 2.25. The molecular weight excluding hydrogens is 352 g/mol. The predicted octanol–water partition coefficient (Wildman–Crippen LogP) is 2.17. The van der Waals surface area contributed by atoms with Crippen molar-refractivity contribution in [1.82, 2.24) is 19.8 Å². The smallest absolute Gasteiger partial charge is 0.179 e. The SMILES string of the molecule is Cc1c(-c2cc(CN3CCS(=O)(=O)c4ccccc4C3)on2)cnn1C. The molecule has 0 amide bonds. The van der Waals surface area contributed by atoms with E-state index in [2.05, 4.69) is 15.2 Å². The second kappa shape index (κ2) is 6.37. The summed E-state index contributed by atoms with van der Waals surface area (Å²) in [6.07, 6.45) is 1.77. The summed E-state index contributed by atoms with van der Waals surface area (Å²) in [6.45, 7) is 3.51. The van der Waals surface area contributed by atoms with Crippen molar-refractivity contribution in [2.75, 3.05) is 12.3 Å². The third-order valence-electron chi connectivity index (χ3n) is 4.83. The van der Waals surface area contributed by atoms with Crippen LogP contribution in [0.5, 0.6) is 0 Å². The van der Waals surface area contributed by atoms with E-state index in [1.165, 1.54) is 0 Å². The second-order valence-corrected chi connectivity index (χ2v) is 8.66. The lowest BCUT2D eigenvalue weighted by atomic mass is 10.2. The first-order chi connectivity index (χ1) is 12.4. The highest BCUT2D eigenvalue weighted by atomic mass is 32.2. The van der Waals surface area contributed by atoms with E-state index < -0.39 is 9.84 Å². The lowest BCUT2D eigenvalue weighted by Crippen LogP contribution is -2.25. The molecule has 26 heavy (non-hydrogen) atoms. The third-order valence-corrected chi connectivity index (χ3v) is 6.62. The molecule has 0 atom stereocenters. The van der Waals surface area contributed by atoms with Gasteiger partial charge in [-0.05, 0) is 18.6 Å². The molecule has 0 aliphatic carbocycles. The first kappa shape index (κ1) is 17.0. The average molecular weight is 372 g/mol. The van der Waals surface area contributed by atoms with Crippen LogP contribution in [0.2, 0.25) is 0 Å². The number of nitrogens with zero attached hydrogens (tertiary/aromatic N) is 4. The molecule has 136 valence electrons. The summed E-state index contributed by atoms with van der Waals surface area (Å²) in [5.74, 6) is 0.812. The van der Waals surface area contributed by atoms with Gasteiger partial charge in [-0.3, -0.25) is 9.58 Å². The van der Waals surface area contributed by atoms with Gasteiger partial charge in [0.05, 0.1) is 23.4 Å². The van der Waals surface area contributed by atoms with Crippen LogP contribution >= 0.6 is 0 Å². The fourth-order valence-corrected chi connectivity index (χ4v) is 4.77. The normalized spacial score (nSPS) is 17.0. The maximum Gasteiger partial charge on any atom is 0.179 e. The first-order valence-corrected chi connectivity index (χ1v) is 10.1. The molecule has 1 aliphatic heterocycles. The van der Waals surface area contributed by atoms with Gasteiger partial charge in [-0.25, -0.2) is 8.42 Å². The Balaban J connectivity index is 1.56. The number of aromatic nitrogens is 3. The fourth-order valence-electron chi connectivity index (χ4n) is 3.24. The summed E-state index contributed by atoms with van der Waals surface area (Å²) in [6, 6.07) is 9.10. The molecule has 0 saturated carbocycles. The van der Waals surface area contributed by atoms with Crippen LogP contribution in [0, 0.1) is 6.92 Å². The molecule has 0 N–H and O–H groups in total.